The fraction of sp³-hybridized carbons (Fsp3) is 0.593. The number of pyridine rings is 2. The fourth-order valence-corrected chi connectivity index (χ4v) is 4.92. The van der Waals surface area contributed by atoms with Gasteiger partial charge in [0.05, 0.1) is 18.8 Å². The first-order valence-electron chi connectivity index (χ1n) is 13.2. The molecule has 1 amide bonds. The Kier molecular flexibility index (Phi) is 11.3. The number of carbonyl (C=O) groups is 1. The summed E-state index contributed by atoms with van der Waals surface area (Å²) in [7, 11) is 3.26. The summed E-state index contributed by atoms with van der Waals surface area (Å²) in [5.41, 5.74) is 3.44. The molecule has 4 heterocycles. The Labute approximate surface area is 247 Å². The molecule has 3 N–H and O–H groups in total. The van der Waals surface area contributed by atoms with E-state index in [1.54, 1.807) is 39.8 Å². The van der Waals surface area contributed by atoms with E-state index in [2.05, 4.69) is 5.32 Å². The number of nitrogens with zero attached hydrogens (tertiary/aromatic N) is 4. The van der Waals surface area contributed by atoms with Crippen molar-refractivity contribution in [2.45, 2.75) is 63.1 Å². The first-order valence-corrected chi connectivity index (χ1v) is 13.2. The topological polar surface area (TPSA) is 115 Å². The largest absolute Gasteiger partial charge is 0.444 e. The molecule has 2 aliphatic rings. The Morgan fingerprint density at radius 1 is 0.905 bits per heavy atom. The van der Waals surface area contributed by atoms with Crippen molar-refractivity contribution in [3.8, 4) is 0 Å². The smallest absolute Gasteiger partial charge is 0.412 e. The zero-order chi connectivity index (χ0) is 30.8. The van der Waals surface area contributed by atoms with Gasteiger partial charge in [0.2, 0.25) is 0 Å². The number of hydrogen-bond acceptors (Lipinski definition) is 7. The number of nitrogens with one attached hydrogen (secondary N) is 1. The van der Waals surface area contributed by atoms with E-state index in [1.807, 2.05) is 0 Å². The van der Waals surface area contributed by atoms with Crippen LogP contribution in [0.4, 0.5) is 33.7 Å². The number of likely N-dealkylation sites (tertiary alicyclic amines) is 2. The van der Waals surface area contributed by atoms with E-state index >= 15 is 0 Å². The van der Waals surface area contributed by atoms with Crippen molar-refractivity contribution in [2.24, 2.45) is 0 Å². The number of halogens is 5. The molecule has 0 aromatic carbocycles. The van der Waals surface area contributed by atoms with Gasteiger partial charge in [0.15, 0.2) is 0 Å². The first kappa shape index (κ1) is 35.1. The molecule has 4 rings (SSSR count). The molecule has 2 saturated heterocycles. The number of amides is 1. The Balaban J connectivity index is 0.000000302. The highest BCUT2D eigenvalue weighted by Crippen LogP contribution is 2.36. The highest BCUT2D eigenvalue weighted by Gasteiger charge is 2.46. The lowest BCUT2D eigenvalue weighted by Crippen LogP contribution is -2.49. The SMILES string of the molecule is CN1CCC(n2cccc(N)c2=O)C(F)(F)C1.CN1CCC(n2cccc(NC(=O)OC(C)(C)C)c2=O)C(F)(F)C1.Cl. The third-order valence-electron chi connectivity index (χ3n) is 6.79. The highest BCUT2D eigenvalue weighted by molar-refractivity contribution is 5.85. The Bertz CT molecular complexity index is 1350. The van der Waals surface area contributed by atoms with E-state index in [4.69, 9.17) is 10.5 Å². The molecule has 10 nitrogen and oxygen atoms in total. The minimum atomic E-state index is -3.03. The lowest BCUT2D eigenvalue weighted by molar-refractivity contribution is -0.0992. The normalized spacial score (nSPS) is 22.2. The number of hydrogen-bond donors (Lipinski definition) is 2. The second kappa shape index (κ2) is 13.5. The van der Waals surface area contributed by atoms with Gasteiger partial charge in [0, 0.05) is 25.5 Å². The molecule has 2 aromatic heterocycles. The molecule has 15 heteroatoms. The Morgan fingerprint density at radius 2 is 1.36 bits per heavy atom. The molecule has 0 radical (unpaired) electrons. The molecule has 236 valence electrons. The monoisotopic (exact) mass is 622 g/mol. The van der Waals surface area contributed by atoms with Crippen LogP contribution in [-0.2, 0) is 4.74 Å². The zero-order valence-electron chi connectivity index (χ0n) is 24.3. The summed E-state index contributed by atoms with van der Waals surface area (Å²) in [6.07, 6.45) is 2.30. The number of ether oxygens (including phenoxy) is 1. The summed E-state index contributed by atoms with van der Waals surface area (Å²) in [6, 6.07) is 3.44. The number of aromatic nitrogens is 2. The average Bonchev–Trinajstić information content (AvgIpc) is 2.81. The quantitative estimate of drug-likeness (QED) is 0.496. The van der Waals surface area contributed by atoms with E-state index in [0.29, 0.717) is 13.1 Å². The molecule has 0 saturated carbocycles. The molecule has 42 heavy (non-hydrogen) atoms. The summed E-state index contributed by atoms with van der Waals surface area (Å²) in [4.78, 5) is 39.1. The van der Waals surface area contributed by atoms with E-state index in [0.717, 1.165) is 9.13 Å². The van der Waals surface area contributed by atoms with Crippen LogP contribution in [0.5, 0.6) is 0 Å². The van der Waals surface area contributed by atoms with Crippen molar-refractivity contribution in [1.82, 2.24) is 18.9 Å². The van der Waals surface area contributed by atoms with Crippen LogP contribution in [0.25, 0.3) is 0 Å². The first-order chi connectivity index (χ1) is 18.9. The number of piperidine rings is 2. The average molecular weight is 623 g/mol. The van der Waals surface area contributed by atoms with Gasteiger partial charge in [-0.3, -0.25) is 14.9 Å². The molecular formula is C27H39ClF4N6O4. The third kappa shape index (κ3) is 8.71. The second-order valence-corrected chi connectivity index (χ2v) is 11.5. The van der Waals surface area contributed by atoms with Gasteiger partial charge >= 0.3 is 6.09 Å². The van der Waals surface area contributed by atoms with Gasteiger partial charge < -0.3 is 29.4 Å². The number of alkyl halides is 4. The molecule has 0 bridgehead atoms. The maximum Gasteiger partial charge on any atom is 0.412 e. The Hall–Kier alpha value is -3.10. The number of carbonyl (C=O) groups excluding carboxylic acids is 1. The maximum atomic E-state index is 14.3. The summed E-state index contributed by atoms with van der Waals surface area (Å²) < 4.78 is 63.5. The van der Waals surface area contributed by atoms with Crippen LogP contribution in [0.3, 0.4) is 0 Å². The molecule has 2 atom stereocenters. The summed E-state index contributed by atoms with van der Waals surface area (Å²) in [5.74, 6) is -5.94. The number of anilines is 2. The van der Waals surface area contributed by atoms with E-state index in [1.165, 1.54) is 41.6 Å². The van der Waals surface area contributed by atoms with Crippen LogP contribution < -0.4 is 22.2 Å². The number of nitrogen functional groups attached to an aromatic ring is 1. The van der Waals surface area contributed by atoms with E-state index in [9.17, 15) is 31.9 Å². The minimum absolute atomic E-state index is 0. The molecule has 0 spiro atoms. The maximum absolute atomic E-state index is 14.3. The summed E-state index contributed by atoms with van der Waals surface area (Å²) in [5, 5.41) is 2.33. The molecule has 0 aliphatic carbocycles. The van der Waals surface area contributed by atoms with Gasteiger partial charge in [0.1, 0.15) is 23.4 Å². The van der Waals surface area contributed by atoms with Crippen LogP contribution in [0, 0.1) is 0 Å². The summed E-state index contributed by atoms with van der Waals surface area (Å²) in [6.45, 7) is 5.34. The van der Waals surface area contributed by atoms with Crippen molar-refractivity contribution in [2.75, 3.05) is 51.3 Å². The van der Waals surface area contributed by atoms with Crippen LogP contribution in [0.2, 0.25) is 0 Å². The molecule has 2 aliphatic heterocycles. The van der Waals surface area contributed by atoms with Gasteiger partial charge in [0.25, 0.3) is 23.0 Å². The Morgan fingerprint density at radius 3 is 1.81 bits per heavy atom. The van der Waals surface area contributed by atoms with Crippen LogP contribution in [0.1, 0.15) is 45.7 Å². The van der Waals surface area contributed by atoms with Crippen molar-refractivity contribution < 1.29 is 27.1 Å². The van der Waals surface area contributed by atoms with Crippen LogP contribution in [-0.4, -0.2) is 82.7 Å². The van der Waals surface area contributed by atoms with Gasteiger partial charge in [-0.15, -0.1) is 12.4 Å². The van der Waals surface area contributed by atoms with Gasteiger partial charge in [-0.25, -0.2) is 22.4 Å². The summed E-state index contributed by atoms with van der Waals surface area (Å²) >= 11 is 0. The van der Waals surface area contributed by atoms with Gasteiger partial charge in [-0.1, -0.05) is 0 Å². The zero-order valence-corrected chi connectivity index (χ0v) is 25.1. The van der Waals surface area contributed by atoms with E-state index in [-0.39, 0.29) is 43.2 Å². The third-order valence-corrected chi connectivity index (χ3v) is 6.79. The van der Waals surface area contributed by atoms with Crippen LogP contribution in [0.15, 0.2) is 46.2 Å². The predicted octanol–water partition coefficient (Wildman–Crippen LogP) is 4.07. The van der Waals surface area contributed by atoms with Crippen LogP contribution >= 0.6 is 12.4 Å². The number of nitrogens with two attached hydrogens (primary N) is 1. The van der Waals surface area contributed by atoms with E-state index < -0.39 is 53.3 Å². The standard InChI is InChI=1S/C16H23F2N3O3.C11H15F2N3O.ClH/c1-15(2,3)24-14(23)19-11-6-5-8-21(13(11)22)12-7-9-20(4)10-16(12,17)18;1-15-6-4-9(11(12,13)7-15)16-5-2-3-8(14)10(16)17;/h5-6,8,12H,7,9-10H2,1-4H3,(H,19,23);2-3,5,9H,4,6-7,14H2,1H3;1H. The second-order valence-electron chi connectivity index (χ2n) is 11.5. The molecular weight excluding hydrogens is 584 g/mol. The van der Waals surface area contributed by atoms with Crippen molar-refractivity contribution in [3.05, 3.63) is 57.4 Å². The van der Waals surface area contributed by atoms with Crippen molar-refractivity contribution in [1.29, 1.82) is 0 Å². The lowest BCUT2D eigenvalue weighted by Gasteiger charge is -2.37. The highest BCUT2D eigenvalue weighted by atomic mass is 35.5. The fourth-order valence-electron chi connectivity index (χ4n) is 4.92. The van der Waals surface area contributed by atoms with Crippen molar-refractivity contribution in [3.63, 3.8) is 0 Å². The molecule has 2 fully saturated rings. The van der Waals surface area contributed by atoms with Gasteiger partial charge in [-0.05, 0) is 72.0 Å². The van der Waals surface area contributed by atoms with Crippen molar-refractivity contribution >= 4 is 29.9 Å². The molecule has 2 aromatic rings. The lowest BCUT2D eigenvalue weighted by atomic mass is 10.0. The number of rotatable bonds is 3. The minimum Gasteiger partial charge on any atom is -0.444 e. The predicted molar refractivity (Wildman–Crippen MR) is 155 cm³/mol. The molecule has 2 unspecified atom stereocenters. The van der Waals surface area contributed by atoms with Gasteiger partial charge in [-0.2, -0.15) is 0 Å².